The quantitative estimate of drug-likeness (QED) is 0.464. The fourth-order valence-electron chi connectivity index (χ4n) is 3.19. The van der Waals surface area contributed by atoms with Crippen molar-refractivity contribution in [2.45, 2.75) is 26.3 Å². The van der Waals surface area contributed by atoms with Crippen LogP contribution >= 0.6 is 0 Å². The van der Waals surface area contributed by atoms with Crippen LogP contribution in [0.3, 0.4) is 0 Å². The molecular formula is C25H26FN3O3. The minimum Gasteiger partial charge on any atom is -0.494 e. The molecule has 3 aromatic carbocycles. The van der Waals surface area contributed by atoms with Gasteiger partial charge < -0.3 is 20.7 Å². The van der Waals surface area contributed by atoms with Crippen LogP contribution in [0.15, 0.2) is 66.7 Å². The summed E-state index contributed by atoms with van der Waals surface area (Å²) >= 11 is 0. The number of carbonyl (C=O) groups is 2. The highest BCUT2D eigenvalue weighted by Crippen LogP contribution is 2.18. The third-order valence-electron chi connectivity index (χ3n) is 4.81. The number of amides is 3. The maximum atomic E-state index is 13.8. The van der Waals surface area contributed by atoms with E-state index in [4.69, 9.17) is 4.74 Å². The van der Waals surface area contributed by atoms with Gasteiger partial charge in [-0.1, -0.05) is 30.3 Å². The first-order valence-corrected chi connectivity index (χ1v) is 10.3. The lowest BCUT2D eigenvalue weighted by Gasteiger charge is -2.10. The number of methoxy groups -OCH3 is 1. The van der Waals surface area contributed by atoms with Gasteiger partial charge in [0.15, 0.2) is 11.6 Å². The molecule has 7 heteroatoms. The molecule has 3 amide bonds. The summed E-state index contributed by atoms with van der Waals surface area (Å²) in [5, 5.41) is 8.43. The van der Waals surface area contributed by atoms with Gasteiger partial charge in [-0.25, -0.2) is 9.18 Å². The average molecular weight is 435 g/mol. The molecule has 0 spiro atoms. The van der Waals surface area contributed by atoms with Crippen molar-refractivity contribution in [3.05, 3.63) is 89.2 Å². The second-order valence-corrected chi connectivity index (χ2v) is 7.39. The number of rotatable bonds is 8. The minimum absolute atomic E-state index is 0.142. The summed E-state index contributed by atoms with van der Waals surface area (Å²) in [6, 6.07) is 19.1. The lowest BCUT2D eigenvalue weighted by molar-refractivity contribution is -0.121. The van der Waals surface area contributed by atoms with Crippen molar-refractivity contribution in [1.82, 2.24) is 5.32 Å². The van der Waals surface area contributed by atoms with Crippen LogP contribution in [0.25, 0.3) is 0 Å². The number of aryl methyl sites for hydroxylation is 2. The molecule has 0 aliphatic rings. The number of anilines is 2. The normalized spacial score (nSPS) is 10.3. The topological polar surface area (TPSA) is 79.5 Å². The molecule has 3 aromatic rings. The summed E-state index contributed by atoms with van der Waals surface area (Å²) in [6.07, 6.45) is 0.663. The summed E-state index contributed by atoms with van der Waals surface area (Å²) in [5.74, 6) is -0.405. The van der Waals surface area contributed by atoms with E-state index in [9.17, 15) is 14.0 Å². The Morgan fingerprint density at radius 2 is 1.62 bits per heavy atom. The lowest BCUT2D eigenvalue weighted by atomic mass is 10.1. The van der Waals surface area contributed by atoms with E-state index in [-0.39, 0.29) is 24.1 Å². The molecule has 0 fully saturated rings. The maximum Gasteiger partial charge on any atom is 0.323 e. The van der Waals surface area contributed by atoms with Crippen LogP contribution in [0.1, 0.15) is 23.1 Å². The first-order valence-electron chi connectivity index (χ1n) is 10.3. The highest BCUT2D eigenvalue weighted by molar-refractivity contribution is 5.99. The first-order chi connectivity index (χ1) is 15.4. The van der Waals surface area contributed by atoms with E-state index >= 15 is 0 Å². The van der Waals surface area contributed by atoms with Gasteiger partial charge in [-0.3, -0.25) is 4.79 Å². The van der Waals surface area contributed by atoms with Crippen molar-refractivity contribution < 1.29 is 18.7 Å². The molecule has 0 saturated heterocycles. The summed E-state index contributed by atoms with van der Waals surface area (Å²) in [6.45, 7) is 2.28. The Hall–Kier alpha value is -3.87. The van der Waals surface area contributed by atoms with Crippen LogP contribution < -0.4 is 20.7 Å². The molecule has 0 saturated carbocycles. The Bertz CT molecular complexity index is 1100. The van der Waals surface area contributed by atoms with Crippen molar-refractivity contribution in [2.24, 2.45) is 0 Å². The molecule has 166 valence electrons. The molecule has 3 rings (SSSR count). The third kappa shape index (κ3) is 6.84. The molecule has 0 unspecified atom stereocenters. The third-order valence-corrected chi connectivity index (χ3v) is 4.81. The second-order valence-electron chi connectivity index (χ2n) is 7.39. The zero-order valence-electron chi connectivity index (χ0n) is 18.1. The van der Waals surface area contributed by atoms with Crippen molar-refractivity contribution in [3.8, 4) is 5.75 Å². The van der Waals surface area contributed by atoms with Crippen LogP contribution in [0, 0.1) is 12.7 Å². The summed E-state index contributed by atoms with van der Waals surface area (Å²) in [4.78, 5) is 24.4. The SMILES string of the molecule is COc1ccc(CCC(=O)NCc2cccc(NC(=O)Nc3cccc(C)c3)c2)cc1F. The Morgan fingerprint density at radius 1 is 0.906 bits per heavy atom. The van der Waals surface area contributed by atoms with Crippen molar-refractivity contribution in [3.63, 3.8) is 0 Å². The number of hydrogen-bond donors (Lipinski definition) is 3. The van der Waals surface area contributed by atoms with Crippen molar-refractivity contribution in [1.29, 1.82) is 0 Å². The van der Waals surface area contributed by atoms with E-state index in [2.05, 4.69) is 16.0 Å². The predicted molar refractivity (Wildman–Crippen MR) is 123 cm³/mol. The van der Waals surface area contributed by atoms with Gasteiger partial charge in [0.05, 0.1) is 7.11 Å². The summed E-state index contributed by atoms with van der Waals surface area (Å²) < 4.78 is 18.6. The zero-order chi connectivity index (χ0) is 22.9. The van der Waals surface area contributed by atoms with Gasteiger partial charge >= 0.3 is 6.03 Å². The van der Waals surface area contributed by atoms with Gasteiger partial charge in [0.25, 0.3) is 0 Å². The second kappa shape index (κ2) is 10.9. The number of benzene rings is 3. The molecule has 0 aliphatic carbocycles. The van der Waals surface area contributed by atoms with E-state index in [0.29, 0.717) is 24.3 Å². The Kier molecular flexibility index (Phi) is 7.80. The average Bonchev–Trinajstić information content (AvgIpc) is 2.76. The fraction of sp³-hybridized carbons (Fsp3) is 0.200. The number of hydrogen-bond acceptors (Lipinski definition) is 3. The highest BCUT2D eigenvalue weighted by atomic mass is 19.1. The minimum atomic E-state index is -0.443. The van der Waals surface area contributed by atoms with Crippen molar-refractivity contribution >= 4 is 23.3 Å². The number of carbonyl (C=O) groups excluding carboxylic acids is 2. The maximum absolute atomic E-state index is 13.8. The van der Waals surface area contributed by atoms with Crippen molar-refractivity contribution in [2.75, 3.05) is 17.7 Å². The molecule has 0 heterocycles. The smallest absolute Gasteiger partial charge is 0.323 e. The molecule has 0 aromatic heterocycles. The predicted octanol–water partition coefficient (Wildman–Crippen LogP) is 5.04. The molecule has 32 heavy (non-hydrogen) atoms. The number of halogens is 1. The summed E-state index contributed by atoms with van der Waals surface area (Å²) in [5.41, 5.74) is 3.96. The number of nitrogens with one attached hydrogen (secondary N) is 3. The van der Waals surface area contributed by atoms with Crippen LogP contribution in [-0.4, -0.2) is 19.0 Å². The standard InChI is InChI=1S/C25H26FN3O3/c1-17-5-3-7-20(13-17)28-25(31)29-21-8-4-6-19(14-21)16-27-24(30)12-10-18-9-11-23(32-2)22(26)15-18/h3-9,11,13-15H,10,12,16H2,1-2H3,(H,27,30)(H2,28,29,31). The molecular weight excluding hydrogens is 409 g/mol. The van der Waals surface area contributed by atoms with E-state index in [1.807, 2.05) is 43.3 Å². The van der Waals surface area contributed by atoms with Crippen LogP contribution in [0.5, 0.6) is 5.75 Å². The first kappa shape index (κ1) is 22.8. The van der Waals surface area contributed by atoms with E-state index in [1.165, 1.54) is 13.2 Å². The Balaban J connectivity index is 1.47. The fourth-order valence-corrected chi connectivity index (χ4v) is 3.19. The van der Waals surface area contributed by atoms with Gasteiger partial charge in [0.1, 0.15) is 0 Å². The molecule has 6 nitrogen and oxygen atoms in total. The Labute approximate surface area is 186 Å². The van der Waals surface area contributed by atoms with E-state index in [1.54, 1.807) is 24.3 Å². The monoisotopic (exact) mass is 435 g/mol. The molecule has 0 bridgehead atoms. The van der Waals surface area contributed by atoms with Gasteiger partial charge in [0, 0.05) is 24.3 Å². The van der Waals surface area contributed by atoms with Crippen LogP contribution in [0.4, 0.5) is 20.6 Å². The van der Waals surface area contributed by atoms with E-state index in [0.717, 1.165) is 16.7 Å². The Morgan fingerprint density at radius 3 is 2.31 bits per heavy atom. The van der Waals surface area contributed by atoms with Gasteiger partial charge in [-0.2, -0.15) is 0 Å². The molecule has 3 N–H and O–H groups in total. The summed E-state index contributed by atoms with van der Waals surface area (Å²) in [7, 11) is 1.41. The highest BCUT2D eigenvalue weighted by Gasteiger charge is 2.08. The molecule has 0 atom stereocenters. The lowest BCUT2D eigenvalue weighted by Crippen LogP contribution is -2.23. The van der Waals surface area contributed by atoms with Crippen LogP contribution in [-0.2, 0) is 17.8 Å². The van der Waals surface area contributed by atoms with Crippen LogP contribution in [0.2, 0.25) is 0 Å². The largest absolute Gasteiger partial charge is 0.494 e. The van der Waals surface area contributed by atoms with Gasteiger partial charge in [-0.15, -0.1) is 0 Å². The molecule has 0 radical (unpaired) electrons. The number of ether oxygens (including phenoxy) is 1. The van der Waals surface area contributed by atoms with E-state index < -0.39 is 5.82 Å². The van der Waals surface area contributed by atoms with Gasteiger partial charge in [-0.05, 0) is 66.4 Å². The molecule has 0 aliphatic heterocycles. The number of urea groups is 1. The zero-order valence-corrected chi connectivity index (χ0v) is 18.1. The van der Waals surface area contributed by atoms with Gasteiger partial charge in [0.2, 0.25) is 5.91 Å².